The number of hydrogen-bond acceptors (Lipinski definition) is 0. The third-order valence-electron chi connectivity index (χ3n) is 0.806. The Bertz CT molecular complexity index is 64.8. The van der Waals surface area contributed by atoms with Crippen molar-refractivity contribution >= 4 is 0 Å². The van der Waals surface area contributed by atoms with Gasteiger partial charge in [-0.25, -0.2) is 5.11 Å². The van der Waals surface area contributed by atoms with Gasteiger partial charge in [-0.05, 0) is 12.3 Å². The van der Waals surface area contributed by atoms with Crippen LogP contribution in [0.4, 0.5) is 0 Å². The maximum Gasteiger partial charge on any atom is 0.0856 e. The first-order valence-electron chi connectivity index (χ1n) is 3.02. The number of hydrogen-bond donors (Lipinski definition) is 0. The van der Waals surface area contributed by atoms with Crippen molar-refractivity contribution in [1.82, 2.24) is 0 Å². The van der Waals surface area contributed by atoms with Gasteiger partial charge in [-0.15, -0.1) is 0 Å². The van der Waals surface area contributed by atoms with Gasteiger partial charge >= 0.3 is 0 Å². The maximum atomic E-state index is 9.86. The lowest BCUT2D eigenvalue weighted by atomic mass is 10.2. The molecule has 0 saturated carbocycles. The summed E-state index contributed by atoms with van der Waals surface area (Å²) in [6.07, 6.45) is 4.67. The molecule has 1 heteroatoms. The van der Waals surface area contributed by atoms with Crippen molar-refractivity contribution in [1.29, 1.82) is 0 Å². The van der Waals surface area contributed by atoms with Crippen LogP contribution in [0.3, 0.4) is 0 Å². The molecule has 0 rings (SSSR count). The molecule has 1 radical (unpaired) electrons. The molecule has 0 saturated heterocycles. The first-order chi connectivity index (χ1) is 3.77. The van der Waals surface area contributed by atoms with Crippen LogP contribution >= 0.6 is 0 Å². The SMILES string of the molecule is CC(C)C=CCC[O]. The van der Waals surface area contributed by atoms with E-state index in [9.17, 15) is 5.11 Å². The standard InChI is InChI=1S/C7H13O/c1-7(2)5-3-4-6-8/h3,5,7H,4,6H2,1-2H3. The van der Waals surface area contributed by atoms with Gasteiger partial charge in [-0.1, -0.05) is 26.0 Å². The van der Waals surface area contributed by atoms with E-state index >= 15 is 0 Å². The van der Waals surface area contributed by atoms with Crippen molar-refractivity contribution in [3.05, 3.63) is 12.2 Å². The highest BCUT2D eigenvalue weighted by molar-refractivity contribution is 4.83. The number of rotatable bonds is 3. The highest BCUT2D eigenvalue weighted by atomic mass is 16.2. The van der Waals surface area contributed by atoms with Gasteiger partial charge in [0.25, 0.3) is 0 Å². The highest BCUT2D eigenvalue weighted by Crippen LogP contribution is 1.93. The zero-order valence-corrected chi connectivity index (χ0v) is 5.55. The summed E-state index contributed by atoms with van der Waals surface area (Å²) in [5.74, 6) is 0.585. The number of allylic oxidation sites excluding steroid dienone is 1. The Labute approximate surface area is 51.0 Å². The predicted molar refractivity (Wildman–Crippen MR) is 34.1 cm³/mol. The summed E-state index contributed by atoms with van der Waals surface area (Å²) in [5, 5.41) is 9.86. The van der Waals surface area contributed by atoms with Gasteiger partial charge in [0.1, 0.15) is 0 Å². The summed E-state index contributed by atoms with van der Waals surface area (Å²) >= 11 is 0. The van der Waals surface area contributed by atoms with Crippen molar-refractivity contribution in [2.75, 3.05) is 6.61 Å². The van der Waals surface area contributed by atoms with E-state index in [-0.39, 0.29) is 6.61 Å². The van der Waals surface area contributed by atoms with Crippen LogP contribution in [0.15, 0.2) is 12.2 Å². The quantitative estimate of drug-likeness (QED) is 0.499. The molecule has 0 amide bonds. The summed E-state index contributed by atoms with van der Waals surface area (Å²) in [7, 11) is 0. The van der Waals surface area contributed by atoms with Gasteiger partial charge in [0.2, 0.25) is 0 Å². The fourth-order valence-electron chi connectivity index (χ4n) is 0.436. The zero-order chi connectivity index (χ0) is 6.41. The summed E-state index contributed by atoms with van der Waals surface area (Å²) in [6.45, 7) is 4.21. The first kappa shape index (κ1) is 7.70. The van der Waals surface area contributed by atoms with Crippen LogP contribution < -0.4 is 0 Å². The van der Waals surface area contributed by atoms with Crippen LogP contribution in [-0.2, 0) is 5.11 Å². The minimum absolute atomic E-state index is 0.0171. The minimum Gasteiger partial charge on any atom is -0.236 e. The normalized spacial score (nSPS) is 11.5. The van der Waals surface area contributed by atoms with Gasteiger partial charge < -0.3 is 0 Å². The van der Waals surface area contributed by atoms with Crippen LogP contribution in [0.1, 0.15) is 20.3 Å². The summed E-state index contributed by atoms with van der Waals surface area (Å²) in [6, 6.07) is 0. The van der Waals surface area contributed by atoms with Gasteiger partial charge in [-0.2, -0.15) is 0 Å². The van der Waals surface area contributed by atoms with Crippen molar-refractivity contribution < 1.29 is 5.11 Å². The van der Waals surface area contributed by atoms with Crippen molar-refractivity contribution in [2.45, 2.75) is 20.3 Å². The topological polar surface area (TPSA) is 19.9 Å². The van der Waals surface area contributed by atoms with Gasteiger partial charge in [-0.3, -0.25) is 0 Å². The monoisotopic (exact) mass is 113 g/mol. The zero-order valence-electron chi connectivity index (χ0n) is 5.55. The molecule has 0 heterocycles. The molecule has 0 aliphatic carbocycles. The van der Waals surface area contributed by atoms with E-state index in [0.29, 0.717) is 12.3 Å². The fourth-order valence-corrected chi connectivity index (χ4v) is 0.436. The fraction of sp³-hybridized carbons (Fsp3) is 0.714. The van der Waals surface area contributed by atoms with Crippen LogP contribution in [0.5, 0.6) is 0 Å². The van der Waals surface area contributed by atoms with Crippen LogP contribution in [0.2, 0.25) is 0 Å². The van der Waals surface area contributed by atoms with Crippen molar-refractivity contribution in [2.24, 2.45) is 5.92 Å². The Hall–Kier alpha value is -0.300. The predicted octanol–water partition coefficient (Wildman–Crippen LogP) is 2.02. The van der Waals surface area contributed by atoms with Crippen LogP contribution in [-0.4, -0.2) is 6.61 Å². The van der Waals surface area contributed by atoms with E-state index < -0.39 is 0 Å². The lowest BCUT2D eigenvalue weighted by Gasteiger charge is -1.90. The van der Waals surface area contributed by atoms with Crippen LogP contribution in [0, 0.1) is 5.92 Å². The summed E-state index contributed by atoms with van der Waals surface area (Å²) in [5.41, 5.74) is 0. The van der Waals surface area contributed by atoms with Crippen LogP contribution in [0.25, 0.3) is 0 Å². The lowest BCUT2D eigenvalue weighted by Crippen LogP contribution is -1.78. The Balaban J connectivity index is 3.07. The molecule has 0 aromatic heterocycles. The van der Waals surface area contributed by atoms with E-state index in [1.165, 1.54) is 0 Å². The highest BCUT2D eigenvalue weighted by Gasteiger charge is 1.81. The molecule has 0 spiro atoms. The second-order valence-corrected chi connectivity index (χ2v) is 2.16. The molecular weight excluding hydrogens is 100 g/mol. The van der Waals surface area contributed by atoms with E-state index in [0.717, 1.165) is 0 Å². The molecule has 47 valence electrons. The van der Waals surface area contributed by atoms with Gasteiger partial charge in [0.05, 0.1) is 6.61 Å². The Morgan fingerprint density at radius 3 is 2.50 bits per heavy atom. The molecular formula is C7H13O. The second kappa shape index (κ2) is 4.85. The lowest BCUT2D eigenvalue weighted by molar-refractivity contribution is 0.199. The summed E-state index contributed by atoms with van der Waals surface area (Å²) in [4.78, 5) is 0. The molecule has 0 aliphatic heterocycles. The Kier molecular flexibility index (Phi) is 4.67. The average molecular weight is 113 g/mol. The Morgan fingerprint density at radius 2 is 2.12 bits per heavy atom. The van der Waals surface area contributed by atoms with E-state index in [1.54, 1.807) is 0 Å². The Morgan fingerprint density at radius 1 is 1.50 bits per heavy atom. The van der Waals surface area contributed by atoms with Gasteiger partial charge in [0, 0.05) is 0 Å². The average Bonchev–Trinajstić information content (AvgIpc) is 1.66. The largest absolute Gasteiger partial charge is 0.236 e. The molecule has 8 heavy (non-hydrogen) atoms. The summed E-state index contributed by atoms with van der Waals surface area (Å²) < 4.78 is 0. The van der Waals surface area contributed by atoms with E-state index in [1.807, 2.05) is 6.08 Å². The smallest absolute Gasteiger partial charge is 0.0856 e. The van der Waals surface area contributed by atoms with Crippen molar-refractivity contribution in [3.8, 4) is 0 Å². The molecule has 0 aromatic rings. The third-order valence-corrected chi connectivity index (χ3v) is 0.806. The third kappa shape index (κ3) is 5.70. The molecule has 1 nitrogen and oxygen atoms in total. The molecule has 0 fully saturated rings. The van der Waals surface area contributed by atoms with Gasteiger partial charge in [0.15, 0.2) is 0 Å². The maximum absolute atomic E-state index is 9.86. The molecule has 0 aromatic carbocycles. The van der Waals surface area contributed by atoms with E-state index in [4.69, 9.17) is 0 Å². The minimum atomic E-state index is 0.0171. The van der Waals surface area contributed by atoms with Crippen molar-refractivity contribution in [3.63, 3.8) is 0 Å². The molecule has 0 N–H and O–H groups in total. The first-order valence-corrected chi connectivity index (χ1v) is 3.02. The molecule has 0 aliphatic rings. The molecule has 0 bridgehead atoms. The van der Waals surface area contributed by atoms with E-state index in [2.05, 4.69) is 19.9 Å². The molecule has 0 atom stereocenters. The second-order valence-electron chi connectivity index (χ2n) is 2.16. The molecule has 0 unspecified atom stereocenters.